The SMILES string of the molecule is CN1CCN(S(=O)(=O)c2cc(F)[c]c(F)c2)CC1. The highest BCUT2D eigenvalue weighted by atomic mass is 32.2. The number of benzene rings is 1. The van der Waals surface area contributed by atoms with Crippen LogP contribution in [0.1, 0.15) is 0 Å². The number of piperazine rings is 1. The third-order valence-corrected chi connectivity index (χ3v) is 4.75. The number of hydrogen-bond acceptors (Lipinski definition) is 3. The number of sulfonamides is 1. The van der Waals surface area contributed by atoms with Crippen molar-refractivity contribution in [1.29, 1.82) is 0 Å². The molecule has 1 aromatic carbocycles. The molecule has 0 bridgehead atoms. The number of nitrogens with zero attached hydrogens (tertiary/aromatic N) is 2. The molecule has 0 atom stereocenters. The molecule has 0 aromatic heterocycles. The van der Waals surface area contributed by atoms with Gasteiger partial charge in [-0.2, -0.15) is 4.31 Å². The zero-order chi connectivity index (χ0) is 13.3. The van der Waals surface area contributed by atoms with Gasteiger partial charge in [0.2, 0.25) is 10.0 Å². The van der Waals surface area contributed by atoms with E-state index in [1.165, 1.54) is 4.31 Å². The molecular formula is C11H13F2N2O2S. The van der Waals surface area contributed by atoms with E-state index in [0.717, 1.165) is 12.1 Å². The first-order valence-electron chi connectivity index (χ1n) is 5.46. The highest BCUT2D eigenvalue weighted by molar-refractivity contribution is 7.89. The molecule has 7 heteroatoms. The predicted molar refractivity (Wildman–Crippen MR) is 61.4 cm³/mol. The first-order chi connectivity index (χ1) is 8.39. The predicted octanol–water partition coefficient (Wildman–Crippen LogP) is 0.701. The van der Waals surface area contributed by atoms with Crippen LogP contribution < -0.4 is 0 Å². The van der Waals surface area contributed by atoms with Crippen molar-refractivity contribution < 1.29 is 17.2 Å². The smallest absolute Gasteiger partial charge is 0.243 e. The van der Waals surface area contributed by atoms with E-state index in [9.17, 15) is 17.2 Å². The molecule has 2 rings (SSSR count). The van der Waals surface area contributed by atoms with E-state index in [-0.39, 0.29) is 4.90 Å². The lowest BCUT2D eigenvalue weighted by atomic mass is 10.3. The molecule has 1 radical (unpaired) electrons. The molecule has 0 aliphatic carbocycles. The van der Waals surface area contributed by atoms with Crippen molar-refractivity contribution in [2.45, 2.75) is 4.90 Å². The third-order valence-electron chi connectivity index (χ3n) is 2.88. The van der Waals surface area contributed by atoms with Gasteiger partial charge in [0.15, 0.2) is 0 Å². The molecule has 0 spiro atoms. The van der Waals surface area contributed by atoms with Gasteiger partial charge in [0, 0.05) is 26.2 Å². The summed E-state index contributed by atoms with van der Waals surface area (Å²) in [5, 5.41) is 0. The Morgan fingerprint density at radius 3 is 2.11 bits per heavy atom. The van der Waals surface area contributed by atoms with Gasteiger partial charge in [-0.25, -0.2) is 17.2 Å². The summed E-state index contributed by atoms with van der Waals surface area (Å²) in [6, 6.07) is 3.34. The Balaban J connectivity index is 2.30. The van der Waals surface area contributed by atoms with Crippen molar-refractivity contribution in [1.82, 2.24) is 9.21 Å². The van der Waals surface area contributed by atoms with Crippen molar-refractivity contribution >= 4 is 10.0 Å². The number of hydrogen-bond donors (Lipinski definition) is 0. The van der Waals surface area contributed by atoms with Crippen LogP contribution in [-0.4, -0.2) is 50.8 Å². The molecule has 1 heterocycles. The van der Waals surface area contributed by atoms with Crippen LogP contribution >= 0.6 is 0 Å². The zero-order valence-corrected chi connectivity index (χ0v) is 10.7. The molecule has 1 aliphatic heterocycles. The molecule has 0 saturated carbocycles. The number of likely N-dealkylation sites (N-methyl/N-ethyl adjacent to an activating group) is 1. The Morgan fingerprint density at radius 2 is 1.61 bits per heavy atom. The quantitative estimate of drug-likeness (QED) is 0.798. The van der Waals surface area contributed by atoms with Gasteiger partial charge in [-0.3, -0.25) is 0 Å². The fourth-order valence-corrected chi connectivity index (χ4v) is 3.25. The maximum Gasteiger partial charge on any atom is 0.243 e. The number of rotatable bonds is 2. The second kappa shape index (κ2) is 4.91. The number of halogens is 2. The summed E-state index contributed by atoms with van der Waals surface area (Å²) in [5.74, 6) is -2.02. The molecular weight excluding hydrogens is 262 g/mol. The van der Waals surface area contributed by atoms with Crippen LogP contribution in [0.25, 0.3) is 0 Å². The standard InChI is InChI=1S/C11H13F2N2O2S/c1-14-2-4-15(5-3-14)18(16,17)11-7-9(12)6-10(13)8-11/h7-8H,2-5H2,1H3. The van der Waals surface area contributed by atoms with E-state index in [4.69, 9.17) is 0 Å². The highest BCUT2D eigenvalue weighted by Gasteiger charge is 2.28. The summed E-state index contributed by atoms with van der Waals surface area (Å²) < 4.78 is 51.6. The third kappa shape index (κ3) is 2.68. The largest absolute Gasteiger partial charge is 0.304 e. The zero-order valence-electron chi connectivity index (χ0n) is 9.86. The Kier molecular flexibility index (Phi) is 3.65. The first-order valence-corrected chi connectivity index (χ1v) is 6.90. The lowest BCUT2D eigenvalue weighted by Crippen LogP contribution is -2.47. The van der Waals surface area contributed by atoms with Gasteiger partial charge in [-0.15, -0.1) is 0 Å². The molecule has 1 saturated heterocycles. The van der Waals surface area contributed by atoms with Crippen molar-refractivity contribution in [3.05, 3.63) is 29.8 Å². The first kappa shape index (κ1) is 13.4. The van der Waals surface area contributed by atoms with Gasteiger partial charge < -0.3 is 4.90 Å². The van der Waals surface area contributed by atoms with Crippen LogP contribution in [0.2, 0.25) is 0 Å². The summed E-state index contributed by atoms with van der Waals surface area (Å²) >= 11 is 0. The summed E-state index contributed by atoms with van der Waals surface area (Å²) in [5.41, 5.74) is 0. The Bertz CT molecular complexity index is 520. The highest BCUT2D eigenvalue weighted by Crippen LogP contribution is 2.19. The van der Waals surface area contributed by atoms with E-state index < -0.39 is 21.7 Å². The van der Waals surface area contributed by atoms with Crippen LogP contribution in [0.4, 0.5) is 8.78 Å². The maximum absolute atomic E-state index is 13.0. The van der Waals surface area contributed by atoms with E-state index in [1.807, 2.05) is 11.9 Å². The van der Waals surface area contributed by atoms with Crippen molar-refractivity contribution in [3.63, 3.8) is 0 Å². The second-order valence-electron chi connectivity index (χ2n) is 4.22. The van der Waals surface area contributed by atoms with Gasteiger partial charge in [0.25, 0.3) is 0 Å². The Labute approximate surface area is 105 Å². The summed E-state index contributed by atoms with van der Waals surface area (Å²) in [7, 11) is -1.93. The Morgan fingerprint density at radius 1 is 1.11 bits per heavy atom. The van der Waals surface area contributed by atoms with Crippen LogP contribution in [-0.2, 0) is 10.0 Å². The average Bonchev–Trinajstić information content (AvgIpc) is 2.28. The fraction of sp³-hybridized carbons (Fsp3) is 0.455. The minimum atomic E-state index is -3.82. The van der Waals surface area contributed by atoms with Crippen LogP contribution in [0.3, 0.4) is 0 Å². The van der Waals surface area contributed by atoms with Crippen LogP contribution in [0, 0.1) is 17.7 Å². The fourth-order valence-electron chi connectivity index (χ4n) is 1.80. The second-order valence-corrected chi connectivity index (χ2v) is 6.16. The normalized spacial score (nSPS) is 19.1. The molecule has 0 N–H and O–H groups in total. The van der Waals surface area contributed by atoms with Gasteiger partial charge in [0.1, 0.15) is 11.6 Å². The molecule has 4 nitrogen and oxygen atoms in total. The van der Waals surface area contributed by atoms with Crippen molar-refractivity contribution in [2.75, 3.05) is 33.2 Å². The van der Waals surface area contributed by atoms with Gasteiger partial charge in [0.05, 0.1) is 11.0 Å². The van der Waals surface area contributed by atoms with E-state index in [2.05, 4.69) is 0 Å². The lowest BCUT2D eigenvalue weighted by Gasteiger charge is -2.31. The summed E-state index contributed by atoms with van der Waals surface area (Å²) in [4.78, 5) is 1.63. The molecule has 99 valence electrons. The molecule has 0 amide bonds. The van der Waals surface area contributed by atoms with Gasteiger partial charge in [-0.1, -0.05) is 0 Å². The summed E-state index contributed by atoms with van der Waals surface area (Å²) in [6.45, 7) is 1.84. The minimum absolute atomic E-state index is 0.320. The van der Waals surface area contributed by atoms with E-state index in [1.54, 1.807) is 6.07 Å². The molecule has 0 unspecified atom stereocenters. The minimum Gasteiger partial charge on any atom is -0.304 e. The molecule has 1 aliphatic rings. The van der Waals surface area contributed by atoms with E-state index >= 15 is 0 Å². The topological polar surface area (TPSA) is 40.6 Å². The van der Waals surface area contributed by atoms with Crippen molar-refractivity contribution in [2.24, 2.45) is 0 Å². The lowest BCUT2D eigenvalue weighted by molar-refractivity contribution is 0.222. The molecule has 18 heavy (non-hydrogen) atoms. The molecule has 1 fully saturated rings. The average molecular weight is 275 g/mol. The van der Waals surface area contributed by atoms with Gasteiger partial charge >= 0.3 is 0 Å². The monoisotopic (exact) mass is 275 g/mol. The van der Waals surface area contributed by atoms with Crippen LogP contribution in [0.5, 0.6) is 0 Å². The molecule has 1 aromatic rings. The van der Waals surface area contributed by atoms with E-state index in [0.29, 0.717) is 26.2 Å². The maximum atomic E-state index is 13.0. The van der Waals surface area contributed by atoms with Crippen LogP contribution in [0.15, 0.2) is 17.0 Å². The Hall–Kier alpha value is -1.05. The van der Waals surface area contributed by atoms with Gasteiger partial charge in [-0.05, 0) is 19.2 Å². The summed E-state index contributed by atoms with van der Waals surface area (Å²) in [6.07, 6.45) is 0. The van der Waals surface area contributed by atoms with Crippen molar-refractivity contribution in [3.8, 4) is 0 Å².